The van der Waals surface area contributed by atoms with E-state index in [2.05, 4.69) is 43.7 Å². The van der Waals surface area contributed by atoms with Crippen LogP contribution in [0.1, 0.15) is 25.0 Å². The van der Waals surface area contributed by atoms with E-state index in [1.165, 1.54) is 17.3 Å². The normalized spacial score (nSPS) is 19.1. The van der Waals surface area contributed by atoms with Crippen molar-refractivity contribution >= 4 is 17.7 Å². The zero-order valence-corrected chi connectivity index (χ0v) is 13.3. The molecule has 0 unspecified atom stereocenters. The lowest BCUT2D eigenvalue weighted by Gasteiger charge is -2.46. The van der Waals surface area contributed by atoms with Crippen molar-refractivity contribution in [1.29, 1.82) is 0 Å². The highest BCUT2D eigenvalue weighted by Gasteiger charge is 2.31. The Labute approximate surface area is 126 Å². The molecular weight excluding hydrogens is 264 g/mol. The highest BCUT2D eigenvalue weighted by atomic mass is 16.4. The zero-order chi connectivity index (χ0) is 15.6. The van der Waals surface area contributed by atoms with Gasteiger partial charge >= 0.3 is 5.97 Å². The summed E-state index contributed by atoms with van der Waals surface area (Å²) in [6, 6.07) is 6.12. The molecule has 1 aromatic rings. The van der Waals surface area contributed by atoms with Crippen molar-refractivity contribution in [3.8, 4) is 0 Å². The third-order valence-electron chi connectivity index (χ3n) is 4.30. The van der Waals surface area contributed by atoms with Gasteiger partial charge in [-0.15, -0.1) is 0 Å². The van der Waals surface area contributed by atoms with E-state index in [9.17, 15) is 4.79 Å². The third-order valence-corrected chi connectivity index (χ3v) is 4.30. The summed E-state index contributed by atoms with van der Waals surface area (Å²) in [5.41, 5.74) is 3.51. The standard InChI is InChI=1S/C17H24N2O2/c1-13-11-14(6-8-16(20)21)5-7-15(13)19-10-9-18(4)17(2,3)12-19/h5-8,11H,9-10,12H2,1-4H3,(H,20,21). The molecule has 1 fully saturated rings. The Hall–Kier alpha value is -1.81. The molecule has 1 N–H and O–H groups in total. The summed E-state index contributed by atoms with van der Waals surface area (Å²) in [7, 11) is 2.17. The number of hydrogen-bond donors (Lipinski definition) is 1. The maximum atomic E-state index is 10.6. The van der Waals surface area contributed by atoms with Crippen LogP contribution in [0, 0.1) is 6.92 Å². The van der Waals surface area contributed by atoms with E-state index in [-0.39, 0.29) is 5.54 Å². The Morgan fingerprint density at radius 1 is 1.33 bits per heavy atom. The van der Waals surface area contributed by atoms with Crippen LogP contribution in [0.2, 0.25) is 0 Å². The van der Waals surface area contributed by atoms with E-state index in [1.807, 2.05) is 12.1 Å². The minimum absolute atomic E-state index is 0.159. The van der Waals surface area contributed by atoms with E-state index in [1.54, 1.807) is 6.08 Å². The van der Waals surface area contributed by atoms with Gasteiger partial charge in [-0.3, -0.25) is 4.90 Å². The fraction of sp³-hybridized carbons (Fsp3) is 0.471. The van der Waals surface area contributed by atoms with Gasteiger partial charge in [0.25, 0.3) is 0 Å². The third kappa shape index (κ3) is 3.64. The molecule has 0 saturated carbocycles. The van der Waals surface area contributed by atoms with Crippen molar-refractivity contribution in [2.24, 2.45) is 0 Å². The largest absolute Gasteiger partial charge is 0.478 e. The van der Waals surface area contributed by atoms with Gasteiger partial charge in [-0.1, -0.05) is 6.07 Å². The van der Waals surface area contributed by atoms with Gasteiger partial charge in [0.05, 0.1) is 0 Å². The summed E-state index contributed by atoms with van der Waals surface area (Å²) in [4.78, 5) is 15.4. The molecule has 0 aliphatic carbocycles. The maximum absolute atomic E-state index is 10.6. The summed E-state index contributed by atoms with van der Waals surface area (Å²) < 4.78 is 0. The number of nitrogens with zero attached hydrogens (tertiary/aromatic N) is 2. The molecule has 1 aliphatic heterocycles. The minimum atomic E-state index is -0.919. The van der Waals surface area contributed by atoms with Gasteiger partial charge in [0.1, 0.15) is 0 Å². The second-order valence-electron chi connectivity index (χ2n) is 6.37. The van der Waals surface area contributed by atoms with Crippen molar-refractivity contribution in [1.82, 2.24) is 4.90 Å². The summed E-state index contributed by atoms with van der Waals surface area (Å²) in [5, 5.41) is 8.69. The lowest BCUT2D eigenvalue weighted by Crippen LogP contribution is -2.57. The molecule has 0 atom stereocenters. The van der Waals surface area contributed by atoms with E-state index in [0.29, 0.717) is 0 Å². The quantitative estimate of drug-likeness (QED) is 0.868. The Balaban J connectivity index is 2.20. The fourth-order valence-electron chi connectivity index (χ4n) is 2.75. The number of carbonyl (C=O) groups is 1. The highest BCUT2D eigenvalue weighted by molar-refractivity contribution is 5.85. The average molecular weight is 288 g/mol. The van der Waals surface area contributed by atoms with Gasteiger partial charge in [0.15, 0.2) is 0 Å². The van der Waals surface area contributed by atoms with Crippen LogP contribution >= 0.6 is 0 Å². The number of likely N-dealkylation sites (N-methyl/N-ethyl adjacent to an activating group) is 1. The number of benzene rings is 1. The summed E-state index contributed by atoms with van der Waals surface area (Å²) in [6.07, 6.45) is 2.81. The molecule has 1 saturated heterocycles. The number of carboxylic acid groups (broad SMARTS) is 1. The smallest absolute Gasteiger partial charge is 0.328 e. The van der Waals surface area contributed by atoms with Crippen LogP contribution in [0.4, 0.5) is 5.69 Å². The van der Waals surface area contributed by atoms with Crippen LogP contribution in [0.25, 0.3) is 6.08 Å². The molecule has 0 spiro atoms. The van der Waals surface area contributed by atoms with Crippen LogP contribution < -0.4 is 4.90 Å². The maximum Gasteiger partial charge on any atom is 0.328 e. The Kier molecular flexibility index (Phi) is 4.37. The molecule has 1 aromatic carbocycles. The first kappa shape index (κ1) is 15.6. The van der Waals surface area contributed by atoms with Crippen molar-refractivity contribution in [3.05, 3.63) is 35.4 Å². The molecule has 0 bridgehead atoms. The van der Waals surface area contributed by atoms with Gasteiger partial charge in [-0.25, -0.2) is 4.79 Å². The van der Waals surface area contributed by atoms with E-state index < -0.39 is 5.97 Å². The van der Waals surface area contributed by atoms with Crippen LogP contribution in [0.15, 0.2) is 24.3 Å². The Morgan fingerprint density at radius 2 is 2.05 bits per heavy atom. The number of piperazine rings is 1. The molecule has 4 nitrogen and oxygen atoms in total. The van der Waals surface area contributed by atoms with E-state index in [4.69, 9.17) is 5.11 Å². The Bertz CT molecular complexity index is 564. The first-order chi connectivity index (χ1) is 9.79. The number of aliphatic carboxylic acids is 1. The van der Waals surface area contributed by atoms with Crippen molar-refractivity contribution in [2.45, 2.75) is 26.3 Å². The number of rotatable bonds is 3. The fourth-order valence-corrected chi connectivity index (χ4v) is 2.75. The first-order valence-corrected chi connectivity index (χ1v) is 7.27. The topological polar surface area (TPSA) is 43.8 Å². The first-order valence-electron chi connectivity index (χ1n) is 7.27. The van der Waals surface area contributed by atoms with Crippen LogP contribution in [-0.2, 0) is 4.79 Å². The molecule has 4 heteroatoms. The average Bonchev–Trinajstić information content (AvgIpc) is 2.40. The van der Waals surface area contributed by atoms with Gasteiger partial charge < -0.3 is 10.0 Å². The van der Waals surface area contributed by atoms with Gasteiger partial charge in [0.2, 0.25) is 0 Å². The van der Waals surface area contributed by atoms with Gasteiger partial charge in [0, 0.05) is 36.9 Å². The van der Waals surface area contributed by atoms with Crippen molar-refractivity contribution in [2.75, 3.05) is 31.6 Å². The molecular formula is C17H24N2O2. The Morgan fingerprint density at radius 3 is 2.62 bits per heavy atom. The zero-order valence-electron chi connectivity index (χ0n) is 13.3. The second-order valence-corrected chi connectivity index (χ2v) is 6.37. The molecule has 0 amide bonds. The minimum Gasteiger partial charge on any atom is -0.478 e. The predicted octanol–water partition coefficient (Wildman–Crippen LogP) is 2.62. The van der Waals surface area contributed by atoms with Crippen molar-refractivity contribution in [3.63, 3.8) is 0 Å². The monoisotopic (exact) mass is 288 g/mol. The lowest BCUT2D eigenvalue weighted by molar-refractivity contribution is -0.131. The molecule has 0 aromatic heterocycles. The number of hydrogen-bond acceptors (Lipinski definition) is 3. The van der Waals surface area contributed by atoms with Gasteiger partial charge in [-0.05, 0) is 57.2 Å². The van der Waals surface area contributed by atoms with Crippen LogP contribution in [0.5, 0.6) is 0 Å². The number of carboxylic acids is 1. The van der Waals surface area contributed by atoms with E-state index >= 15 is 0 Å². The van der Waals surface area contributed by atoms with Gasteiger partial charge in [-0.2, -0.15) is 0 Å². The lowest BCUT2D eigenvalue weighted by atomic mass is 9.98. The molecule has 21 heavy (non-hydrogen) atoms. The second kappa shape index (κ2) is 5.90. The molecule has 2 rings (SSSR count). The molecule has 114 valence electrons. The SMILES string of the molecule is Cc1cc(C=CC(=O)O)ccc1N1CCN(C)C(C)(C)C1. The van der Waals surface area contributed by atoms with E-state index in [0.717, 1.165) is 25.2 Å². The summed E-state index contributed by atoms with van der Waals surface area (Å²) in [6.45, 7) is 9.67. The number of anilines is 1. The summed E-state index contributed by atoms with van der Waals surface area (Å²) >= 11 is 0. The van der Waals surface area contributed by atoms with Crippen molar-refractivity contribution < 1.29 is 9.90 Å². The van der Waals surface area contributed by atoms with Crippen LogP contribution in [0.3, 0.4) is 0 Å². The molecule has 1 heterocycles. The van der Waals surface area contributed by atoms with Crippen LogP contribution in [-0.4, -0.2) is 48.2 Å². The molecule has 0 radical (unpaired) electrons. The highest BCUT2D eigenvalue weighted by Crippen LogP contribution is 2.27. The predicted molar refractivity (Wildman–Crippen MR) is 86.8 cm³/mol. The molecule has 1 aliphatic rings. The number of aryl methyl sites for hydroxylation is 1. The summed E-state index contributed by atoms with van der Waals surface area (Å²) in [5.74, 6) is -0.919.